The van der Waals surface area contributed by atoms with Crippen LogP contribution < -0.4 is 15.2 Å². The number of carbonyl (C=O) groups is 2. The van der Waals surface area contributed by atoms with Gasteiger partial charge in [0, 0.05) is 23.6 Å². The van der Waals surface area contributed by atoms with E-state index in [1.807, 2.05) is 30.3 Å². The number of nitrogens with zero attached hydrogens (tertiary/aromatic N) is 3. The van der Waals surface area contributed by atoms with E-state index in [0.717, 1.165) is 18.4 Å². The van der Waals surface area contributed by atoms with Gasteiger partial charge < -0.3 is 14.4 Å². The molecular formula is C22H20BrN3O5. The minimum Gasteiger partial charge on any atom is -0.481 e. The number of aromatic nitrogens is 2. The molecule has 1 saturated heterocycles. The van der Waals surface area contributed by atoms with Gasteiger partial charge in [0.1, 0.15) is 6.61 Å². The monoisotopic (exact) mass is 485 g/mol. The van der Waals surface area contributed by atoms with Crippen molar-refractivity contribution < 1.29 is 19.1 Å². The molecule has 1 aliphatic rings. The fourth-order valence-corrected chi connectivity index (χ4v) is 3.95. The summed E-state index contributed by atoms with van der Waals surface area (Å²) in [5, 5.41) is 0. The van der Waals surface area contributed by atoms with E-state index in [1.165, 1.54) is 11.5 Å². The van der Waals surface area contributed by atoms with Crippen molar-refractivity contribution in [1.82, 2.24) is 9.38 Å². The lowest BCUT2D eigenvalue weighted by Gasteiger charge is -2.27. The summed E-state index contributed by atoms with van der Waals surface area (Å²) in [7, 11) is 1.21. The number of hydrogen-bond acceptors (Lipinski definition) is 6. The van der Waals surface area contributed by atoms with Crippen molar-refractivity contribution in [2.24, 2.45) is 0 Å². The van der Waals surface area contributed by atoms with E-state index >= 15 is 0 Å². The molecule has 0 aliphatic carbocycles. The number of piperidine rings is 1. The van der Waals surface area contributed by atoms with Crippen LogP contribution in [0.4, 0.5) is 5.69 Å². The second kappa shape index (κ2) is 8.89. The normalized spacial score (nSPS) is 14.0. The van der Waals surface area contributed by atoms with Crippen LogP contribution in [0.1, 0.15) is 35.3 Å². The van der Waals surface area contributed by atoms with Crippen LogP contribution in [0.2, 0.25) is 0 Å². The van der Waals surface area contributed by atoms with Gasteiger partial charge in [-0.05, 0) is 40.4 Å². The number of benzene rings is 1. The second-order valence-corrected chi connectivity index (χ2v) is 8.02. The summed E-state index contributed by atoms with van der Waals surface area (Å²) in [6.45, 7) is 0.597. The predicted octanol–water partition coefficient (Wildman–Crippen LogP) is 3.34. The average Bonchev–Trinajstić information content (AvgIpc) is 2.79. The molecule has 9 heteroatoms. The minimum atomic E-state index is -0.790. The highest BCUT2D eigenvalue weighted by Crippen LogP contribution is 2.29. The van der Waals surface area contributed by atoms with Gasteiger partial charge in [-0.2, -0.15) is 0 Å². The van der Waals surface area contributed by atoms with Gasteiger partial charge in [0.15, 0.2) is 11.3 Å². The Labute approximate surface area is 186 Å². The van der Waals surface area contributed by atoms with E-state index in [1.54, 1.807) is 17.2 Å². The smallest absolute Gasteiger partial charge is 0.360 e. The minimum absolute atomic E-state index is 0.0514. The van der Waals surface area contributed by atoms with Crippen molar-refractivity contribution in [3.63, 3.8) is 0 Å². The molecule has 4 rings (SSSR count). The van der Waals surface area contributed by atoms with Crippen LogP contribution >= 0.6 is 15.9 Å². The Bertz CT molecular complexity index is 1210. The summed E-state index contributed by atoms with van der Waals surface area (Å²) in [6, 6.07) is 11.0. The maximum absolute atomic E-state index is 13.3. The first kappa shape index (κ1) is 21.0. The molecule has 3 heterocycles. The average molecular weight is 486 g/mol. The van der Waals surface area contributed by atoms with Gasteiger partial charge in [-0.25, -0.2) is 9.78 Å². The van der Waals surface area contributed by atoms with Crippen LogP contribution in [0.25, 0.3) is 5.65 Å². The molecule has 160 valence electrons. The zero-order valence-corrected chi connectivity index (χ0v) is 18.4. The van der Waals surface area contributed by atoms with Crippen LogP contribution in [0.15, 0.2) is 51.9 Å². The highest BCUT2D eigenvalue weighted by molar-refractivity contribution is 9.10. The first-order valence-corrected chi connectivity index (χ1v) is 10.6. The quantitative estimate of drug-likeness (QED) is 0.514. The number of halogens is 1. The number of esters is 1. The molecule has 8 nitrogen and oxygen atoms in total. The highest BCUT2D eigenvalue weighted by atomic mass is 79.9. The Morgan fingerprint density at radius 2 is 1.97 bits per heavy atom. The van der Waals surface area contributed by atoms with Crippen LogP contribution in [-0.4, -0.2) is 34.9 Å². The number of pyridine rings is 1. The van der Waals surface area contributed by atoms with Gasteiger partial charge in [-0.3, -0.25) is 14.0 Å². The molecule has 1 amide bonds. The molecule has 1 aliphatic heterocycles. The number of hydrogen-bond donors (Lipinski definition) is 0. The number of carbonyl (C=O) groups excluding carboxylic acids is 2. The molecule has 3 aromatic rings. The van der Waals surface area contributed by atoms with Crippen molar-refractivity contribution in [1.29, 1.82) is 0 Å². The zero-order chi connectivity index (χ0) is 22.0. The molecule has 0 spiro atoms. The Morgan fingerprint density at radius 3 is 2.68 bits per heavy atom. The van der Waals surface area contributed by atoms with Gasteiger partial charge in [0.2, 0.25) is 11.7 Å². The van der Waals surface area contributed by atoms with E-state index in [2.05, 4.69) is 20.9 Å². The maximum atomic E-state index is 13.3. The topological polar surface area (TPSA) is 90.2 Å². The van der Waals surface area contributed by atoms with E-state index in [4.69, 9.17) is 9.47 Å². The molecule has 0 unspecified atom stereocenters. The largest absolute Gasteiger partial charge is 0.481 e. The van der Waals surface area contributed by atoms with Crippen molar-refractivity contribution in [3.05, 3.63) is 68.7 Å². The molecule has 0 N–H and O–H groups in total. The molecule has 1 fully saturated rings. The van der Waals surface area contributed by atoms with Crippen molar-refractivity contribution in [3.8, 4) is 5.75 Å². The highest BCUT2D eigenvalue weighted by Gasteiger charge is 2.27. The van der Waals surface area contributed by atoms with Crippen LogP contribution in [0, 0.1) is 0 Å². The molecule has 0 atom stereocenters. The molecule has 0 bridgehead atoms. The third-order valence-corrected chi connectivity index (χ3v) is 5.48. The fraction of sp³-hybridized carbons (Fsp3) is 0.273. The first-order chi connectivity index (χ1) is 15.0. The Morgan fingerprint density at radius 1 is 1.19 bits per heavy atom. The molecule has 31 heavy (non-hydrogen) atoms. The van der Waals surface area contributed by atoms with E-state index in [9.17, 15) is 14.4 Å². The van der Waals surface area contributed by atoms with E-state index in [0.29, 0.717) is 23.1 Å². The standard InChI is InChI=1S/C22H20BrN3O5/c1-30-22(29)18-19(31-13-14-7-3-2-4-8-14)21(28)26-12-15(23)11-16(20(26)24-18)25-10-6-5-9-17(25)27/h2-4,7-8,11-12H,5-6,9-10,13H2,1H3. The number of methoxy groups -OCH3 is 1. The van der Waals surface area contributed by atoms with Crippen molar-refractivity contribution in [2.45, 2.75) is 25.9 Å². The molecule has 0 radical (unpaired) electrons. The van der Waals surface area contributed by atoms with E-state index in [-0.39, 0.29) is 29.6 Å². The van der Waals surface area contributed by atoms with Gasteiger partial charge >= 0.3 is 11.5 Å². The lowest BCUT2D eigenvalue weighted by atomic mass is 10.1. The molecule has 2 aromatic heterocycles. The Balaban J connectivity index is 1.88. The fourth-order valence-electron chi connectivity index (χ4n) is 3.53. The maximum Gasteiger partial charge on any atom is 0.360 e. The lowest BCUT2D eigenvalue weighted by Crippen LogP contribution is -2.36. The number of fused-ring (bicyclic) bond motifs is 1. The second-order valence-electron chi connectivity index (χ2n) is 7.10. The Hall–Kier alpha value is -3.20. The lowest BCUT2D eigenvalue weighted by molar-refractivity contribution is -0.119. The zero-order valence-electron chi connectivity index (χ0n) is 16.8. The first-order valence-electron chi connectivity index (χ1n) is 9.81. The third-order valence-electron chi connectivity index (χ3n) is 5.05. The number of rotatable bonds is 5. The summed E-state index contributed by atoms with van der Waals surface area (Å²) in [5.74, 6) is -1.05. The summed E-state index contributed by atoms with van der Waals surface area (Å²) in [5.41, 5.74) is 0.688. The van der Waals surface area contributed by atoms with Crippen molar-refractivity contribution in [2.75, 3.05) is 18.6 Å². The predicted molar refractivity (Wildman–Crippen MR) is 117 cm³/mol. The summed E-state index contributed by atoms with van der Waals surface area (Å²) in [6.07, 6.45) is 3.63. The van der Waals surface area contributed by atoms with Gasteiger partial charge in [0.25, 0.3) is 0 Å². The van der Waals surface area contributed by atoms with Gasteiger partial charge in [0.05, 0.1) is 12.8 Å². The SMILES string of the molecule is COC(=O)c1nc2c(N3CCCCC3=O)cc(Br)cn2c(=O)c1OCc1ccccc1. The van der Waals surface area contributed by atoms with Gasteiger partial charge in [-0.15, -0.1) is 0 Å². The summed E-state index contributed by atoms with van der Waals surface area (Å²) < 4.78 is 12.5. The van der Waals surface area contributed by atoms with Crippen molar-refractivity contribution >= 4 is 39.1 Å². The molecule has 0 saturated carbocycles. The number of ether oxygens (including phenoxy) is 2. The molecular weight excluding hydrogens is 466 g/mol. The molecule has 1 aromatic carbocycles. The van der Waals surface area contributed by atoms with E-state index < -0.39 is 11.5 Å². The van der Waals surface area contributed by atoms with Gasteiger partial charge in [-0.1, -0.05) is 30.3 Å². The number of amides is 1. The third kappa shape index (κ3) is 4.18. The summed E-state index contributed by atoms with van der Waals surface area (Å²) >= 11 is 3.41. The van der Waals surface area contributed by atoms with Crippen LogP contribution in [-0.2, 0) is 16.1 Å². The Kier molecular flexibility index (Phi) is 6.03. The summed E-state index contributed by atoms with van der Waals surface area (Å²) in [4.78, 5) is 44.3. The van der Waals surface area contributed by atoms with Crippen LogP contribution in [0.5, 0.6) is 5.75 Å². The van der Waals surface area contributed by atoms with Crippen LogP contribution in [0.3, 0.4) is 0 Å². The number of anilines is 1.